The third-order valence-electron chi connectivity index (χ3n) is 3.20. The molecule has 1 aromatic heterocycles. The zero-order chi connectivity index (χ0) is 13.0. The first-order valence-corrected chi connectivity index (χ1v) is 5.93. The van der Waals surface area contributed by atoms with E-state index in [1.54, 1.807) is 0 Å². The van der Waals surface area contributed by atoms with Crippen LogP contribution in [0.15, 0.2) is 10.9 Å². The number of hydrogen-bond acceptors (Lipinski definition) is 5. The third kappa shape index (κ3) is 3.06. The van der Waals surface area contributed by atoms with E-state index in [1.165, 1.54) is 6.33 Å². The number of aromatic nitrogens is 2. The lowest BCUT2D eigenvalue weighted by atomic mass is 10.0. The van der Waals surface area contributed by atoms with Gasteiger partial charge in [-0.3, -0.25) is 9.59 Å². The largest absolute Gasteiger partial charge is 0.481 e. The van der Waals surface area contributed by atoms with E-state index in [4.69, 9.17) is 9.63 Å². The van der Waals surface area contributed by atoms with Gasteiger partial charge in [0, 0.05) is 18.9 Å². The molecule has 0 bridgehead atoms. The Kier molecular flexibility index (Phi) is 3.91. The molecular formula is C11H15N3O4. The second-order valence-electron chi connectivity index (χ2n) is 4.42. The van der Waals surface area contributed by atoms with E-state index in [0.717, 1.165) is 0 Å². The van der Waals surface area contributed by atoms with Crippen LogP contribution in [-0.2, 0) is 16.0 Å². The van der Waals surface area contributed by atoms with Crippen molar-refractivity contribution in [2.24, 2.45) is 11.8 Å². The SMILES string of the molecule is O=C(O)[C@H]1CC[C@@H](C(=O)NCCc2ncno2)C1. The maximum atomic E-state index is 11.8. The average molecular weight is 253 g/mol. The molecule has 0 saturated heterocycles. The van der Waals surface area contributed by atoms with Gasteiger partial charge in [-0.1, -0.05) is 5.16 Å². The molecule has 98 valence electrons. The summed E-state index contributed by atoms with van der Waals surface area (Å²) in [6.07, 6.45) is 3.45. The van der Waals surface area contributed by atoms with Crippen molar-refractivity contribution in [1.29, 1.82) is 0 Å². The molecule has 0 unspecified atom stereocenters. The van der Waals surface area contributed by atoms with Crippen LogP contribution in [0.2, 0.25) is 0 Å². The van der Waals surface area contributed by atoms with Gasteiger partial charge in [-0.2, -0.15) is 4.98 Å². The minimum absolute atomic E-state index is 0.0849. The summed E-state index contributed by atoms with van der Waals surface area (Å²) < 4.78 is 4.80. The highest BCUT2D eigenvalue weighted by atomic mass is 16.5. The highest BCUT2D eigenvalue weighted by molar-refractivity contribution is 5.80. The first-order chi connectivity index (χ1) is 8.66. The van der Waals surface area contributed by atoms with E-state index in [9.17, 15) is 9.59 Å². The number of aliphatic carboxylic acids is 1. The third-order valence-corrected chi connectivity index (χ3v) is 3.20. The molecule has 18 heavy (non-hydrogen) atoms. The highest BCUT2D eigenvalue weighted by Gasteiger charge is 2.33. The number of carboxylic acids is 1. The smallest absolute Gasteiger partial charge is 0.306 e. The van der Waals surface area contributed by atoms with Crippen LogP contribution < -0.4 is 5.32 Å². The van der Waals surface area contributed by atoms with E-state index in [1.807, 2.05) is 0 Å². The van der Waals surface area contributed by atoms with Crippen LogP contribution in [-0.4, -0.2) is 33.7 Å². The molecule has 2 rings (SSSR count). The van der Waals surface area contributed by atoms with Gasteiger partial charge in [-0.25, -0.2) is 0 Å². The van der Waals surface area contributed by atoms with Gasteiger partial charge < -0.3 is 14.9 Å². The van der Waals surface area contributed by atoms with E-state index >= 15 is 0 Å². The van der Waals surface area contributed by atoms with Crippen LogP contribution in [0.1, 0.15) is 25.2 Å². The predicted molar refractivity (Wildman–Crippen MR) is 59.5 cm³/mol. The lowest BCUT2D eigenvalue weighted by molar-refractivity contribution is -0.141. The summed E-state index contributed by atoms with van der Waals surface area (Å²) in [7, 11) is 0. The minimum Gasteiger partial charge on any atom is -0.481 e. The molecule has 0 spiro atoms. The Hall–Kier alpha value is -1.92. The standard InChI is InChI=1S/C11H15N3O4/c15-10(7-1-2-8(5-7)11(16)17)12-4-3-9-13-6-14-18-9/h6-8H,1-5H2,(H,12,15)(H,16,17)/t7-,8+/m1/s1. The number of nitrogens with zero attached hydrogens (tertiary/aromatic N) is 2. The monoisotopic (exact) mass is 253 g/mol. The van der Waals surface area contributed by atoms with Crippen LogP contribution in [0.25, 0.3) is 0 Å². The molecule has 1 saturated carbocycles. The molecule has 1 aromatic rings. The number of nitrogens with one attached hydrogen (secondary N) is 1. The van der Waals surface area contributed by atoms with Crippen LogP contribution >= 0.6 is 0 Å². The number of hydrogen-bond donors (Lipinski definition) is 2. The molecule has 1 aliphatic rings. The molecule has 0 radical (unpaired) electrons. The number of carboxylic acid groups (broad SMARTS) is 1. The topological polar surface area (TPSA) is 105 Å². The fraction of sp³-hybridized carbons (Fsp3) is 0.636. The van der Waals surface area contributed by atoms with Gasteiger partial charge in [-0.05, 0) is 19.3 Å². The molecule has 1 aliphatic carbocycles. The van der Waals surface area contributed by atoms with Crippen LogP contribution in [0, 0.1) is 11.8 Å². The fourth-order valence-electron chi connectivity index (χ4n) is 2.19. The van der Waals surface area contributed by atoms with Gasteiger partial charge in [0.1, 0.15) is 0 Å². The Morgan fingerprint density at radius 3 is 2.83 bits per heavy atom. The Bertz CT molecular complexity index is 418. The zero-order valence-electron chi connectivity index (χ0n) is 9.83. The summed E-state index contributed by atoms with van der Waals surface area (Å²) in [6, 6.07) is 0. The van der Waals surface area contributed by atoms with E-state index in [-0.39, 0.29) is 17.7 Å². The summed E-state index contributed by atoms with van der Waals surface area (Å²) in [5.41, 5.74) is 0. The summed E-state index contributed by atoms with van der Waals surface area (Å²) in [6.45, 7) is 0.426. The molecule has 1 heterocycles. The second kappa shape index (κ2) is 5.61. The number of amides is 1. The number of rotatable bonds is 5. The van der Waals surface area contributed by atoms with Crippen molar-refractivity contribution < 1.29 is 19.2 Å². The highest BCUT2D eigenvalue weighted by Crippen LogP contribution is 2.30. The maximum absolute atomic E-state index is 11.8. The Balaban J connectivity index is 1.71. The lowest BCUT2D eigenvalue weighted by Crippen LogP contribution is -2.31. The first-order valence-electron chi connectivity index (χ1n) is 5.93. The van der Waals surface area contributed by atoms with Gasteiger partial charge in [0.05, 0.1) is 5.92 Å². The Morgan fingerprint density at radius 1 is 1.44 bits per heavy atom. The molecular weight excluding hydrogens is 238 g/mol. The number of carbonyl (C=O) groups is 2. The van der Waals surface area contributed by atoms with Gasteiger partial charge in [0.15, 0.2) is 6.33 Å². The summed E-state index contributed by atoms with van der Waals surface area (Å²) in [5, 5.41) is 15.1. The fourth-order valence-corrected chi connectivity index (χ4v) is 2.19. The van der Waals surface area contributed by atoms with Gasteiger partial charge >= 0.3 is 5.97 Å². The number of carbonyl (C=O) groups excluding carboxylic acids is 1. The summed E-state index contributed by atoms with van der Waals surface area (Å²) in [4.78, 5) is 26.4. The Morgan fingerprint density at radius 2 is 2.22 bits per heavy atom. The predicted octanol–water partition coefficient (Wildman–Crippen LogP) is 0.229. The molecule has 1 fully saturated rings. The van der Waals surface area contributed by atoms with Crippen molar-refractivity contribution in [3.8, 4) is 0 Å². The van der Waals surface area contributed by atoms with Crippen molar-refractivity contribution in [1.82, 2.24) is 15.5 Å². The van der Waals surface area contributed by atoms with Crippen molar-refractivity contribution in [3.63, 3.8) is 0 Å². The average Bonchev–Trinajstić information content (AvgIpc) is 2.99. The second-order valence-corrected chi connectivity index (χ2v) is 4.42. The van der Waals surface area contributed by atoms with Crippen LogP contribution in [0.5, 0.6) is 0 Å². The van der Waals surface area contributed by atoms with Gasteiger partial charge in [0.2, 0.25) is 11.8 Å². The van der Waals surface area contributed by atoms with Crippen molar-refractivity contribution in [2.75, 3.05) is 6.54 Å². The maximum Gasteiger partial charge on any atom is 0.306 e. The van der Waals surface area contributed by atoms with E-state index in [2.05, 4.69) is 15.5 Å². The summed E-state index contributed by atoms with van der Waals surface area (Å²) in [5.74, 6) is -0.981. The molecule has 2 N–H and O–H groups in total. The Labute approximate surface area is 104 Å². The molecule has 0 aliphatic heterocycles. The molecule has 7 heteroatoms. The first kappa shape index (κ1) is 12.5. The molecule has 7 nitrogen and oxygen atoms in total. The van der Waals surface area contributed by atoms with Gasteiger partial charge in [0.25, 0.3) is 0 Å². The van der Waals surface area contributed by atoms with Crippen molar-refractivity contribution >= 4 is 11.9 Å². The van der Waals surface area contributed by atoms with Crippen LogP contribution in [0.4, 0.5) is 0 Å². The van der Waals surface area contributed by atoms with Gasteiger partial charge in [-0.15, -0.1) is 0 Å². The van der Waals surface area contributed by atoms with E-state index in [0.29, 0.717) is 38.1 Å². The molecule has 1 amide bonds. The quantitative estimate of drug-likeness (QED) is 0.778. The van der Waals surface area contributed by atoms with E-state index < -0.39 is 5.97 Å². The van der Waals surface area contributed by atoms with Crippen molar-refractivity contribution in [3.05, 3.63) is 12.2 Å². The molecule has 2 atom stereocenters. The van der Waals surface area contributed by atoms with Crippen molar-refractivity contribution in [2.45, 2.75) is 25.7 Å². The lowest BCUT2D eigenvalue weighted by Gasteiger charge is -2.09. The molecule has 0 aromatic carbocycles. The van der Waals surface area contributed by atoms with Crippen LogP contribution in [0.3, 0.4) is 0 Å². The summed E-state index contributed by atoms with van der Waals surface area (Å²) >= 11 is 0. The minimum atomic E-state index is -0.809. The zero-order valence-corrected chi connectivity index (χ0v) is 9.83. The normalized spacial score (nSPS) is 22.9.